The van der Waals surface area contributed by atoms with Crippen molar-refractivity contribution in [1.82, 2.24) is 4.98 Å². The SMILES string of the molecule is CCCCNc1ccc2nc(SC)sc2c1. The van der Waals surface area contributed by atoms with Gasteiger partial charge in [0.25, 0.3) is 0 Å². The Morgan fingerprint density at radius 1 is 1.44 bits per heavy atom. The number of aromatic nitrogens is 1. The lowest BCUT2D eigenvalue weighted by Gasteiger charge is -2.04. The van der Waals surface area contributed by atoms with Crippen molar-refractivity contribution in [1.29, 1.82) is 0 Å². The number of benzene rings is 1. The number of anilines is 1. The van der Waals surface area contributed by atoms with Gasteiger partial charge in [0, 0.05) is 12.2 Å². The molecule has 16 heavy (non-hydrogen) atoms. The molecule has 4 heteroatoms. The second-order valence-corrected chi connectivity index (χ2v) is 5.73. The highest BCUT2D eigenvalue weighted by atomic mass is 32.2. The van der Waals surface area contributed by atoms with Crippen LogP contribution in [0.2, 0.25) is 0 Å². The molecular weight excluding hydrogens is 236 g/mol. The van der Waals surface area contributed by atoms with Crippen molar-refractivity contribution in [3.8, 4) is 0 Å². The van der Waals surface area contributed by atoms with Gasteiger partial charge in [0.2, 0.25) is 0 Å². The van der Waals surface area contributed by atoms with Crippen molar-refractivity contribution in [2.75, 3.05) is 18.1 Å². The van der Waals surface area contributed by atoms with Gasteiger partial charge >= 0.3 is 0 Å². The van der Waals surface area contributed by atoms with E-state index in [1.165, 1.54) is 23.2 Å². The molecule has 86 valence electrons. The lowest BCUT2D eigenvalue weighted by atomic mass is 10.3. The van der Waals surface area contributed by atoms with Crippen molar-refractivity contribution in [2.24, 2.45) is 0 Å². The minimum Gasteiger partial charge on any atom is -0.385 e. The zero-order valence-electron chi connectivity index (χ0n) is 9.62. The zero-order chi connectivity index (χ0) is 11.4. The molecule has 0 amide bonds. The summed E-state index contributed by atoms with van der Waals surface area (Å²) in [5, 5.41) is 3.44. The number of rotatable bonds is 5. The highest BCUT2D eigenvalue weighted by Crippen LogP contribution is 2.29. The Kier molecular flexibility index (Phi) is 4.07. The first-order valence-corrected chi connectivity index (χ1v) is 7.56. The van der Waals surface area contributed by atoms with E-state index in [0.717, 1.165) is 16.4 Å². The summed E-state index contributed by atoms with van der Waals surface area (Å²) in [6.45, 7) is 3.26. The van der Waals surface area contributed by atoms with Crippen molar-refractivity contribution in [3.05, 3.63) is 18.2 Å². The largest absolute Gasteiger partial charge is 0.385 e. The molecule has 0 aliphatic carbocycles. The van der Waals surface area contributed by atoms with E-state index in [0.29, 0.717) is 0 Å². The molecule has 1 aromatic carbocycles. The second-order valence-electron chi connectivity index (χ2n) is 3.65. The van der Waals surface area contributed by atoms with Crippen LogP contribution in [0.1, 0.15) is 19.8 Å². The molecule has 2 rings (SSSR count). The smallest absolute Gasteiger partial charge is 0.150 e. The van der Waals surface area contributed by atoms with Crippen LogP contribution in [0, 0.1) is 0 Å². The van der Waals surface area contributed by atoms with Crippen LogP contribution in [0.5, 0.6) is 0 Å². The van der Waals surface area contributed by atoms with Crippen LogP contribution in [0.15, 0.2) is 22.5 Å². The van der Waals surface area contributed by atoms with E-state index in [9.17, 15) is 0 Å². The van der Waals surface area contributed by atoms with Crippen LogP contribution in [0.25, 0.3) is 10.2 Å². The fourth-order valence-corrected chi connectivity index (χ4v) is 3.04. The van der Waals surface area contributed by atoms with Gasteiger partial charge in [-0.15, -0.1) is 11.3 Å². The molecule has 0 spiro atoms. The fraction of sp³-hybridized carbons (Fsp3) is 0.417. The summed E-state index contributed by atoms with van der Waals surface area (Å²) in [5.74, 6) is 0. The minimum atomic E-state index is 1.05. The Bertz CT molecular complexity index is 465. The topological polar surface area (TPSA) is 24.9 Å². The highest BCUT2D eigenvalue weighted by Gasteiger charge is 2.03. The molecule has 2 aromatic rings. The molecule has 0 unspecified atom stereocenters. The number of nitrogens with zero attached hydrogens (tertiary/aromatic N) is 1. The Hall–Kier alpha value is -0.740. The third-order valence-corrected chi connectivity index (χ3v) is 4.41. The van der Waals surface area contributed by atoms with Gasteiger partial charge in [-0.05, 0) is 30.9 Å². The Morgan fingerprint density at radius 3 is 3.06 bits per heavy atom. The molecule has 1 N–H and O–H groups in total. The first-order valence-electron chi connectivity index (χ1n) is 5.52. The van der Waals surface area contributed by atoms with E-state index in [4.69, 9.17) is 0 Å². The van der Waals surface area contributed by atoms with Gasteiger partial charge in [-0.25, -0.2) is 4.98 Å². The lowest BCUT2D eigenvalue weighted by molar-refractivity contribution is 0.834. The first-order chi connectivity index (χ1) is 7.83. The summed E-state index contributed by atoms with van der Waals surface area (Å²) < 4.78 is 2.41. The molecule has 0 aliphatic rings. The molecule has 0 saturated heterocycles. The summed E-state index contributed by atoms with van der Waals surface area (Å²) in [6, 6.07) is 6.41. The average Bonchev–Trinajstić information content (AvgIpc) is 2.71. The van der Waals surface area contributed by atoms with Gasteiger partial charge in [-0.3, -0.25) is 0 Å². The molecule has 0 bridgehead atoms. The molecular formula is C12H16N2S2. The summed E-state index contributed by atoms with van der Waals surface area (Å²) in [6.07, 6.45) is 4.52. The monoisotopic (exact) mass is 252 g/mol. The zero-order valence-corrected chi connectivity index (χ0v) is 11.3. The van der Waals surface area contributed by atoms with E-state index in [1.54, 1.807) is 23.1 Å². The predicted molar refractivity (Wildman–Crippen MR) is 74.8 cm³/mol. The lowest BCUT2D eigenvalue weighted by Crippen LogP contribution is -1.99. The highest BCUT2D eigenvalue weighted by molar-refractivity contribution is 8.00. The first kappa shape index (κ1) is 11.7. The normalized spacial score (nSPS) is 10.9. The Balaban J connectivity index is 2.15. The van der Waals surface area contributed by atoms with Gasteiger partial charge in [0.05, 0.1) is 10.2 Å². The third kappa shape index (κ3) is 2.68. The van der Waals surface area contributed by atoms with E-state index >= 15 is 0 Å². The van der Waals surface area contributed by atoms with Gasteiger partial charge in [0.1, 0.15) is 0 Å². The Morgan fingerprint density at radius 2 is 2.31 bits per heavy atom. The molecule has 2 nitrogen and oxygen atoms in total. The molecule has 0 aliphatic heterocycles. The van der Waals surface area contributed by atoms with Crippen molar-refractivity contribution in [2.45, 2.75) is 24.1 Å². The van der Waals surface area contributed by atoms with E-state index < -0.39 is 0 Å². The van der Waals surface area contributed by atoms with E-state index in [2.05, 4.69) is 41.7 Å². The summed E-state index contributed by atoms with van der Waals surface area (Å²) >= 11 is 3.47. The van der Waals surface area contributed by atoms with Crippen LogP contribution in [-0.4, -0.2) is 17.8 Å². The maximum Gasteiger partial charge on any atom is 0.150 e. The number of hydrogen-bond donors (Lipinski definition) is 1. The summed E-state index contributed by atoms with van der Waals surface area (Å²) in [4.78, 5) is 4.52. The molecule has 1 heterocycles. The summed E-state index contributed by atoms with van der Waals surface area (Å²) in [5.41, 5.74) is 2.31. The van der Waals surface area contributed by atoms with Crippen LogP contribution in [-0.2, 0) is 0 Å². The summed E-state index contributed by atoms with van der Waals surface area (Å²) in [7, 11) is 0. The number of nitrogens with one attached hydrogen (secondary N) is 1. The van der Waals surface area contributed by atoms with Crippen LogP contribution in [0.3, 0.4) is 0 Å². The van der Waals surface area contributed by atoms with Crippen LogP contribution >= 0.6 is 23.1 Å². The van der Waals surface area contributed by atoms with Gasteiger partial charge < -0.3 is 5.32 Å². The van der Waals surface area contributed by atoms with Crippen LogP contribution in [0.4, 0.5) is 5.69 Å². The number of hydrogen-bond acceptors (Lipinski definition) is 4. The van der Waals surface area contributed by atoms with Crippen LogP contribution < -0.4 is 5.32 Å². The second kappa shape index (κ2) is 5.55. The van der Waals surface area contributed by atoms with E-state index in [1.807, 2.05) is 0 Å². The molecule has 0 atom stereocenters. The average molecular weight is 252 g/mol. The Labute approximate surface area is 104 Å². The fourth-order valence-electron chi connectivity index (χ4n) is 1.51. The number of unbranched alkanes of at least 4 members (excludes halogenated alkanes) is 1. The number of thiazole rings is 1. The molecule has 0 fully saturated rings. The van der Waals surface area contributed by atoms with Crippen molar-refractivity contribution in [3.63, 3.8) is 0 Å². The molecule has 0 saturated carbocycles. The quantitative estimate of drug-likeness (QED) is 0.636. The van der Waals surface area contributed by atoms with Crippen molar-refractivity contribution < 1.29 is 0 Å². The van der Waals surface area contributed by atoms with Crippen molar-refractivity contribution >= 4 is 39.0 Å². The molecule has 1 aromatic heterocycles. The maximum absolute atomic E-state index is 4.52. The minimum absolute atomic E-state index is 1.05. The maximum atomic E-state index is 4.52. The van der Waals surface area contributed by atoms with E-state index in [-0.39, 0.29) is 0 Å². The molecule has 0 radical (unpaired) electrons. The predicted octanol–water partition coefficient (Wildman–Crippen LogP) is 4.23. The number of fused-ring (bicyclic) bond motifs is 1. The third-order valence-electron chi connectivity index (χ3n) is 2.40. The van der Waals surface area contributed by atoms with Gasteiger partial charge in [-0.2, -0.15) is 0 Å². The van der Waals surface area contributed by atoms with Gasteiger partial charge in [0.15, 0.2) is 4.34 Å². The van der Waals surface area contributed by atoms with Gasteiger partial charge in [-0.1, -0.05) is 25.1 Å². The standard InChI is InChI=1S/C12H16N2S2/c1-3-4-7-13-9-5-6-10-11(8-9)16-12(14-10)15-2/h5-6,8,13H,3-4,7H2,1-2H3. The number of thioether (sulfide) groups is 1.